The minimum absolute atomic E-state index is 0.00375. The number of nitrogens with zero attached hydrogens (tertiary/aromatic N) is 3. The fourth-order valence-electron chi connectivity index (χ4n) is 3.35. The summed E-state index contributed by atoms with van der Waals surface area (Å²) >= 11 is 0. The molecule has 1 aliphatic rings. The zero-order chi connectivity index (χ0) is 16.1. The first kappa shape index (κ1) is 15.7. The smallest absolute Gasteiger partial charge is 0.0950 e. The van der Waals surface area contributed by atoms with E-state index in [0.717, 1.165) is 26.2 Å². The Morgan fingerprint density at radius 1 is 0.783 bits per heavy atom. The second-order valence-corrected chi connectivity index (χ2v) is 6.10. The van der Waals surface area contributed by atoms with E-state index in [1.165, 1.54) is 11.1 Å². The molecule has 23 heavy (non-hydrogen) atoms. The molecule has 0 aliphatic carbocycles. The minimum atomic E-state index is 0.00375. The molecule has 3 heteroatoms. The molecule has 3 rings (SSSR count). The van der Waals surface area contributed by atoms with Gasteiger partial charge in [-0.1, -0.05) is 60.7 Å². The van der Waals surface area contributed by atoms with Crippen molar-refractivity contribution in [3.63, 3.8) is 0 Å². The lowest BCUT2D eigenvalue weighted by Crippen LogP contribution is -2.50. The molecule has 0 spiro atoms. The van der Waals surface area contributed by atoms with Gasteiger partial charge in [-0.3, -0.25) is 9.80 Å². The molecule has 1 heterocycles. The van der Waals surface area contributed by atoms with E-state index in [9.17, 15) is 0 Å². The third-order valence-electron chi connectivity index (χ3n) is 4.68. The summed E-state index contributed by atoms with van der Waals surface area (Å²) in [6.45, 7) is 5.86. The lowest BCUT2D eigenvalue weighted by atomic mass is 9.96. The Hall–Kier alpha value is -2.15. The van der Waals surface area contributed by atoms with Crippen molar-refractivity contribution in [3.8, 4) is 6.07 Å². The van der Waals surface area contributed by atoms with Gasteiger partial charge in [0.1, 0.15) is 0 Å². The molecule has 0 radical (unpaired) electrons. The normalized spacial score (nSPS) is 17.8. The van der Waals surface area contributed by atoms with Gasteiger partial charge >= 0.3 is 0 Å². The molecule has 118 valence electrons. The van der Waals surface area contributed by atoms with Crippen molar-refractivity contribution in [1.82, 2.24) is 9.80 Å². The van der Waals surface area contributed by atoms with Gasteiger partial charge in [0.05, 0.1) is 18.2 Å². The zero-order valence-corrected chi connectivity index (χ0v) is 13.6. The number of hydrogen-bond acceptors (Lipinski definition) is 3. The van der Waals surface area contributed by atoms with Gasteiger partial charge in [-0.15, -0.1) is 0 Å². The maximum Gasteiger partial charge on any atom is 0.0950 e. The van der Waals surface area contributed by atoms with E-state index < -0.39 is 0 Å². The Morgan fingerprint density at radius 2 is 1.22 bits per heavy atom. The van der Waals surface area contributed by atoms with Crippen molar-refractivity contribution >= 4 is 0 Å². The van der Waals surface area contributed by atoms with Crippen LogP contribution >= 0.6 is 0 Å². The van der Waals surface area contributed by atoms with E-state index in [1.807, 2.05) is 6.92 Å². The maximum absolute atomic E-state index is 9.11. The van der Waals surface area contributed by atoms with Gasteiger partial charge in [0, 0.05) is 26.2 Å². The highest BCUT2D eigenvalue weighted by Gasteiger charge is 2.27. The summed E-state index contributed by atoms with van der Waals surface area (Å²) in [7, 11) is 0. The van der Waals surface area contributed by atoms with Crippen LogP contribution < -0.4 is 0 Å². The highest BCUT2D eigenvalue weighted by atomic mass is 15.3. The van der Waals surface area contributed by atoms with Crippen LogP contribution in [0.2, 0.25) is 0 Å². The van der Waals surface area contributed by atoms with Gasteiger partial charge in [0.2, 0.25) is 0 Å². The van der Waals surface area contributed by atoms with E-state index in [2.05, 4.69) is 76.5 Å². The predicted molar refractivity (Wildman–Crippen MR) is 92.9 cm³/mol. The topological polar surface area (TPSA) is 30.3 Å². The summed E-state index contributed by atoms with van der Waals surface area (Å²) < 4.78 is 0. The molecular weight excluding hydrogens is 282 g/mol. The van der Waals surface area contributed by atoms with Gasteiger partial charge in [-0.25, -0.2) is 0 Å². The van der Waals surface area contributed by atoms with E-state index in [-0.39, 0.29) is 12.1 Å². The largest absolute Gasteiger partial charge is 0.290 e. The molecule has 0 N–H and O–H groups in total. The van der Waals surface area contributed by atoms with Crippen molar-refractivity contribution in [2.75, 3.05) is 26.2 Å². The quantitative estimate of drug-likeness (QED) is 0.868. The first-order chi connectivity index (χ1) is 11.3. The van der Waals surface area contributed by atoms with Crippen molar-refractivity contribution in [2.45, 2.75) is 19.0 Å². The SMILES string of the molecule is CC(C#N)N1CCN(C(c2ccccc2)c2ccccc2)CC1. The molecule has 2 aromatic carbocycles. The Kier molecular flexibility index (Phi) is 5.07. The molecule has 1 saturated heterocycles. The average Bonchev–Trinajstić information content (AvgIpc) is 2.64. The van der Waals surface area contributed by atoms with Gasteiger partial charge in [-0.05, 0) is 18.1 Å². The van der Waals surface area contributed by atoms with Gasteiger partial charge < -0.3 is 0 Å². The summed E-state index contributed by atoms with van der Waals surface area (Å²) in [5.41, 5.74) is 2.67. The second kappa shape index (κ2) is 7.41. The van der Waals surface area contributed by atoms with Crippen LogP contribution in [-0.2, 0) is 0 Å². The highest BCUT2D eigenvalue weighted by Crippen LogP contribution is 2.29. The monoisotopic (exact) mass is 305 g/mol. The maximum atomic E-state index is 9.11. The fraction of sp³-hybridized carbons (Fsp3) is 0.350. The molecule has 1 atom stereocenters. The van der Waals surface area contributed by atoms with Gasteiger partial charge in [0.15, 0.2) is 0 Å². The first-order valence-electron chi connectivity index (χ1n) is 8.27. The Bertz CT molecular complexity index is 600. The molecule has 0 amide bonds. The molecule has 0 bridgehead atoms. The van der Waals surface area contributed by atoms with Crippen LogP contribution in [0.4, 0.5) is 0 Å². The molecule has 0 saturated carbocycles. The zero-order valence-electron chi connectivity index (χ0n) is 13.6. The second-order valence-electron chi connectivity index (χ2n) is 6.10. The summed E-state index contributed by atoms with van der Waals surface area (Å²) in [5, 5.41) is 9.11. The Labute approximate surface area is 138 Å². The number of hydrogen-bond donors (Lipinski definition) is 0. The molecule has 1 fully saturated rings. The van der Waals surface area contributed by atoms with Gasteiger partial charge in [0.25, 0.3) is 0 Å². The van der Waals surface area contributed by atoms with Crippen LogP contribution in [0.25, 0.3) is 0 Å². The van der Waals surface area contributed by atoms with Crippen molar-refractivity contribution in [2.24, 2.45) is 0 Å². The standard InChI is InChI=1S/C20H23N3/c1-17(16-21)22-12-14-23(15-13-22)20(18-8-4-2-5-9-18)19-10-6-3-7-11-19/h2-11,17,20H,12-15H2,1H3. The van der Waals surface area contributed by atoms with Crippen molar-refractivity contribution < 1.29 is 0 Å². The van der Waals surface area contributed by atoms with Crippen molar-refractivity contribution in [3.05, 3.63) is 71.8 Å². The molecule has 2 aromatic rings. The summed E-state index contributed by atoms with van der Waals surface area (Å²) in [6.07, 6.45) is 0. The molecule has 1 unspecified atom stereocenters. The minimum Gasteiger partial charge on any atom is -0.290 e. The van der Waals surface area contributed by atoms with Crippen LogP contribution in [-0.4, -0.2) is 42.0 Å². The van der Waals surface area contributed by atoms with E-state index >= 15 is 0 Å². The average molecular weight is 305 g/mol. The predicted octanol–water partition coefficient (Wildman–Crippen LogP) is 3.31. The molecule has 0 aromatic heterocycles. The Morgan fingerprint density at radius 3 is 1.65 bits per heavy atom. The summed E-state index contributed by atoms with van der Waals surface area (Å²) in [5.74, 6) is 0. The molecular formula is C20H23N3. The molecule has 3 nitrogen and oxygen atoms in total. The number of piperazine rings is 1. The number of nitriles is 1. The van der Waals surface area contributed by atoms with Crippen LogP contribution in [0.15, 0.2) is 60.7 Å². The van der Waals surface area contributed by atoms with E-state index in [1.54, 1.807) is 0 Å². The van der Waals surface area contributed by atoms with Crippen LogP contribution in [0.5, 0.6) is 0 Å². The molecule has 1 aliphatic heterocycles. The summed E-state index contributed by atoms with van der Waals surface area (Å²) in [4.78, 5) is 4.80. The van der Waals surface area contributed by atoms with E-state index in [4.69, 9.17) is 5.26 Å². The lowest BCUT2D eigenvalue weighted by molar-refractivity contribution is 0.0982. The van der Waals surface area contributed by atoms with Crippen LogP contribution in [0.3, 0.4) is 0 Å². The third kappa shape index (κ3) is 3.61. The first-order valence-corrected chi connectivity index (χ1v) is 8.27. The number of benzene rings is 2. The summed E-state index contributed by atoms with van der Waals surface area (Å²) in [6, 6.07) is 24.1. The third-order valence-corrected chi connectivity index (χ3v) is 4.68. The highest BCUT2D eigenvalue weighted by molar-refractivity contribution is 5.32. The fourth-order valence-corrected chi connectivity index (χ4v) is 3.35. The van der Waals surface area contributed by atoms with Crippen LogP contribution in [0.1, 0.15) is 24.1 Å². The van der Waals surface area contributed by atoms with Gasteiger partial charge in [-0.2, -0.15) is 5.26 Å². The lowest BCUT2D eigenvalue weighted by Gasteiger charge is -2.40. The van der Waals surface area contributed by atoms with Crippen LogP contribution in [0, 0.1) is 11.3 Å². The van der Waals surface area contributed by atoms with Crippen molar-refractivity contribution in [1.29, 1.82) is 5.26 Å². The number of rotatable bonds is 4. The Balaban J connectivity index is 1.82. The van der Waals surface area contributed by atoms with E-state index in [0.29, 0.717) is 0 Å².